The normalized spacial score (nSPS) is 11.9. The molecule has 1 N–H and O–H groups in total. The lowest BCUT2D eigenvalue weighted by molar-refractivity contribution is -0.151. The summed E-state index contributed by atoms with van der Waals surface area (Å²) in [5.74, 6) is -1.28. The van der Waals surface area contributed by atoms with Gasteiger partial charge in [-0.25, -0.2) is 0 Å². The quantitative estimate of drug-likeness (QED) is 0.594. The van der Waals surface area contributed by atoms with Gasteiger partial charge >= 0.3 is 11.9 Å². The fraction of sp³-hybridized carbons (Fsp3) is 0.750. The number of carbonyl (C=O) groups excluding carboxylic acids is 2. The number of hydrogen-bond donors (Lipinski definition) is 1. The van der Waals surface area contributed by atoms with Gasteiger partial charge in [-0.2, -0.15) is 0 Å². The zero-order valence-electron chi connectivity index (χ0n) is 8.12. The molecule has 0 aromatic carbocycles. The van der Waals surface area contributed by atoms with Crippen molar-refractivity contribution in [1.82, 2.24) is 5.32 Å². The van der Waals surface area contributed by atoms with Gasteiger partial charge in [0, 0.05) is 6.54 Å². The Balaban J connectivity index is 4.08. The Bertz CT molecular complexity index is 181. The molecule has 0 rings (SSSR count). The van der Waals surface area contributed by atoms with Gasteiger partial charge in [0.2, 0.25) is 0 Å². The highest BCUT2D eigenvalue weighted by Crippen LogP contribution is 2.05. The molecule has 76 valence electrons. The van der Waals surface area contributed by atoms with Crippen molar-refractivity contribution in [2.24, 2.45) is 5.92 Å². The van der Waals surface area contributed by atoms with E-state index < -0.39 is 17.9 Å². The molecule has 5 heteroatoms. The fourth-order valence-electron chi connectivity index (χ4n) is 0.936. The summed E-state index contributed by atoms with van der Waals surface area (Å²) in [6.07, 6.45) is 0.0456. The average Bonchev–Trinajstić information content (AvgIpc) is 2.15. The molecular formula is C8H15NO4. The van der Waals surface area contributed by atoms with Gasteiger partial charge in [0.15, 0.2) is 0 Å². The molecule has 0 spiro atoms. The van der Waals surface area contributed by atoms with Crippen LogP contribution >= 0.6 is 0 Å². The van der Waals surface area contributed by atoms with Crippen LogP contribution in [-0.4, -0.2) is 39.8 Å². The number of nitrogens with one attached hydrogen (secondary N) is 1. The van der Waals surface area contributed by atoms with Crippen LogP contribution in [-0.2, 0) is 19.1 Å². The summed E-state index contributed by atoms with van der Waals surface area (Å²) in [6.45, 7) is 0.405. The lowest BCUT2D eigenvalue weighted by Gasteiger charge is -2.11. The third-order valence-corrected chi connectivity index (χ3v) is 1.63. The number of methoxy groups -OCH3 is 2. The third kappa shape index (κ3) is 4.47. The standard InChI is InChI=1S/C8H15NO4/c1-9-5-6(8(11)13-3)4-7(10)12-2/h6,9H,4-5H2,1-3H3. The molecular weight excluding hydrogens is 174 g/mol. The maximum Gasteiger partial charge on any atom is 0.310 e. The second-order valence-corrected chi connectivity index (χ2v) is 2.56. The second-order valence-electron chi connectivity index (χ2n) is 2.56. The molecule has 0 bridgehead atoms. The molecule has 0 fully saturated rings. The molecule has 0 aromatic heterocycles. The van der Waals surface area contributed by atoms with Crippen LogP contribution in [0.15, 0.2) is 0 Å². The summed E-state index contributed by atoms with van der Waals surface area (Å²) >= 11 is 0. The van der Waals surface area contributed by atoms with Crippen LogP contribution in [0.25, 0.3) is 0 Å². The lowest BCUT2D eigenvalue weighted by atomic mass is 10.1. The number of carbonyl (C=O) groups is 2. The molecule has 0 radical (unpaired) electrons. The fourth-order valence-corrected chi connectivity index (χ4v) is 0.936. The van der Waals surface area contributed by atoms with Gasteiger partial charge < -0.3 is 14.8 Å². The minimum atomic E-state index is -0.470. The predicted molar refractivity (Wildman–Crippen MR) is 46.1 cm³/mol. The van der Waals surface area contributed by atoms with Crippen LogP contribution in [0.4, 0.5) is 0 Å². The molecule has 1 unspecified atom stereocenters. The van der Waals surface area contributed by atoms with E-state index in [1.54, 1.807) is 7.05 Å². The van der Waals surface area contributed by atoms with Gasteiger partial charge in [-0.1, -0.05) is 0 Å². The predicted octanol–water partition coefficient (Wildman–Crippen LogP) is -0.442. The van der Waals surface area contributed by atoms with E-state index in [0.29, 0.717) is 6.54 Å². The topological polar surface area (TPSA) is 64.6 Å². The molecule has 0 saturated heterocycles. The van der Waals surface area contributed by atoms with Crippen LogP contribution in [0.2, 0.25) is 0 Å². The Labute approximate surface area is 77.4 Å². The highest BCUT2D eigenvalue weighted by molar-refractivity contribution is 5.80. The average molecular weight is 189 g/mol. The maximum absolute atomic E-state index is 11.1. The SMILES string of the molecule is CNCC(CC(=O)OC)C(=O)OC. The van der Waals surface area contributed by atoms with E-state index in [1.807, 2.05) is 0 Å². The first-order valence-corrected chi connectivity index (χ1v) is 3.95. The molecule has 0 aliphatic rings. The van der Waals surface area contributed by atoms with Crippen molar-refractivity contribution < 1.29 is 19.1 Å². The highest BCUT2D eigenvalue weighted by Gasteiger charge is 2.21. The summed E-state index contributed by atoms with van der Waals surface area (Å²) in [5.41, 5.74) is 0. The Morgan fingerprint density at radius 1 is 1.31 bits per heavy atom. The van der Waals surface area contributed by atoms with E-state index in [-0.39, 0.29) is 6.42 Å². The van der Waals surface area contributed by atoms with Gasteiger partial charge in [0.05, 0.1) is 26.6 Å². The second kappa shape index (κ2) is 6.42. The zero-order valence-corrected chi connectivity index (χ0v) is 8.12. The Morgan fingerprint density at radius 3 is 2.31 bits per heavy atom. The van der Waals surface area contributed by atoms with Gasteiger partial charge in [-0.15, -0.1) is 0 Å². The molecule has 0 amide bonds. The van der Waals surface area contributed by atoms with Crippen molar-refractivity contribution in [2.45, 2.75) is 6.42 Å². The first-order chi connectivity index (χ1) is 6.15. The van der Waals surface area contributed by atoms with Gasteiger partial charge in [-0.05, 0) is 7.05 Å². The maximum atomic E-state index is 11.1. The van der Waals surface area contributed by atoms with E-state index in [9.17, 15) is 9.59 Å². The summed E-state index contributed by atoms with van der Waals surface area (Å²) < 4.78 is 8.97. The summed E-state index contributed by atoms with van der Waals surface area (Å²) in [7, 11) is 4.28. The molecule has 0 saturated carbocycles. The van der Waals surface area contributed by atoms with Crippen LogP contribution < -0.4 is 5.32 Å². The van der Waals surface area contributed by atoms with Crippen LogP contribution in [0.5, 0.6) is 0 Å². The van der Waals surface area contributed by atoms with E-state index >= 15 is 0 Å². The number of rotatable bonds is 5. The molecule has 0 aliphatic heterocycles. The molecule has 5 nitrogen and oxygen atoms in total. The highest BCUT2D eigenvalue weighted by atomic mass is 16.5. The zero-order chi connectivity index (χ0) is 10.3. The smallest absolute Gasteiger partial charge is 0.310 e. The molecule has 0 heterocycles. The Hall–Kier alpha value is -1.10. The van der Waals surface area contributed by atoms with E-state index in [0.717, 1.165) is 0 Å². The van der Waals surface area contributed by atoms with Crippen molar-refractivity contribution in [3.63, 3.8) is 0 Å². The third-order valence-electron chi connectivity index (χ3n) is 1.63. The van der Waals surface area contributed by atoms with Crippen molar-refractivity contribution in [1.29, 1.82) is 0 Å². The van der Waals surface area contributed by atoms with E-state index in [1.165, 1.54) is 14.2 Å². The molecule has 0 aliphatic carbocycles. The minimum absolute atomic E-state index is 0.0456. The largest absolute Gasteiger partial charge is 0.469 e. The number of hydrogen-bond acceptors (Lipinski definition) is 5. The van der Waals surface area contributed by atoms with Crippen LogP contribution in [0, 0.1) is 5.92 Å². The molecule has 0 aromatic rings. The van der Waals surface area contributed by atoms with Crippen LogP contribution in [0.1, 0.15) is 6.42 Å². The number of esters is 2. The van der Waals surface area contributed by atoms with Crippen molar-refractivity contribution in [3.8, 4) is 0 Å². The van der Waals surface area contributed by atoms with Crippen molar-refractivity contribution in [2.75, 3.05) is 27.8 Å². The van der Waals surface area contributed by atoms with Crippen molar-refractivity contribution >= 4 is 11.9 Å². The number of ether oxygens (including phenoxy) is 2. The Morgan fingerprint density at radius 2 is 1.92 bits per heavy atom. The summed E-state index contributed by atoms with van der Waals surface area (Å²) in [4.78, 5) is 21.9. The first-order valence-electron chi connectivity index (χ1n) is 3.95. The first kappa shape index (κ1) is 11.9. The van der Waals surface area contributed by atoms with E-state index in [4.69, 9.17) is 0 Å². The molecule has 13 heavy (non-hydrogen) atoms. The van der Waals surface area contributed by atoms with Crippen molar-refractivity contribution in [3.05, 3.63) is 0 Å². The molecule has 1 atom stereocenters. The lowest BCUT2D eigenvalue weighted by Crippen LogP contribution is -2.29. The summed E-state index contributed by atoms with van der Waals surface area (Å²) in [5, 5.41) is 2.80. The van der Waals surface area contributed by atoms with Crippen LogP contribution in [0.3, 0.4) is 0 Å². The van der Waals surface area contributed by atoms with E-state index in [2.05, 4.69) is 14.8 Å². The van der Waals surface area contributed by atoms with Gasteiger partial charge in [0.25, 0.3) is 0 Å². The summed E-state index contributed by atoms with van der Waals surface area (Å²) in [6, 6.07) is 0. The Kier molecular flexibility index (Phi) is 5.88. The van der Waals surface area contributed by atoms with Gasteiger partial charge in [-0.3, -0.25) is 9.59 Å². The monoisotopic (exact) mass is 189 g/mol. The van der Waals surface area contributed by atoms with Gasteiger partial charge in [0.1, 0.15) is 0 Å². The minimum Gasteiger partial charge on any atom is -0.469 e.